The molecule has 1 aliphatic carbocycles. The topological polar surface area (TPSA) is 13.0 Å². The summed E-state index contributed by atoms with van der Waals surface area (Å²) in [7, 11) is 2.26. The molecule has 200 valence electrons. The monoisotopic (exact) mass is 500 g/mol. The van der Waals surface area contributed by atoms with Crippen LogP contribution < -0.4 is 0 Å². The Hall–Kier alpha value is -1.72. The molecule has 5 aliphatic rings. The molecule has 2 aromatic rings. The molecule has 2 bridgehead atoms. The molecule has 0 aromatic heterocycles. The summed E-state index contributed by atoms with van der Waals surface area (Å²) in [4.78, 5) is 11.1. The Bertz CT molecular complexity index is 915. The predicted octanol–water partition coefficient (Wildman–Crippen LogP) is 5.28. The molecular formula is C33H48N4. The highest BCUT2D eigenvalue weighted by Crippen LogP contribution is 2.54. The highest BCUT2D eigenvalue weighted by Gasteiger charge is 2.53. The lowest BCUT2D eigenvalue weighted by Crippen LogP contribution is -2.56. The van der Waals surface area contributed by atoms with Crippen LogP contribution in [0.3, 0.4) is 0 Å². The summed E-state index contributed by atoms with van der Waals surface area (Å²) in [5.41, 5.74) is 3.48. The summed E-state index contributed by atoms with van der Waals surface area (Å²) in [6.45, 7) is 11.3. The number of nitrogens with zero attached hydrogens (tertiary/aromatic N) is 4. The van der Waals surface area contributed by atoms with Crippen molar-refractivity contribution in [2.45, 2.75) is 68.4 Å². The maximum Gasteiger partial charge on any atom is 0.0234 e. The lowest BCUT2D eigenvalue weighted by atomic mass is 9.63. The first-order valence-electron chi connectivity index (χ1n) is 15.2. The van der Waals surface area contributed by atoms with Crippen molar-refractivity contribution in [1.29, 1.82) is 0 Å². The zero-order valence-electron chi connectivity index (χ0n) is 23.1. The first-order valence-corrected chi connectivity index (χ1v) is 15.2. The smallest absolute Gasteiger partial charge is 0.0234 e. The minimum atomic E-state index is 0.337. The van der Waals surface area contributed by atoms with E-state index in [9.17, 15) is 0 Å². The SMILES string of the molecule is CN1CCN(CCCN2CCC3(N4CCCCC4)CC(c4ccccc4)C2C(c2ccccc2)C3)CC1. The van der Waals surface area contributed by atoms with E-state index in [1.807, 2.05) is 0 Å². The number of likely N-dealkylation sites (N-methyl/N-ethyl adjacent to an activating group) is 1. The van der Waals surface area contributed by atoms with E-state index in [1.54, 1.807) is 11.1 Å². The van der Waals surface area contributed by atoms with E-state index in [0.717, 1.165) is 0 Å². The number of fused-ring (bicyclic) bond motifs is 4. The van der Waals surface area contributed by atoms with E-state index in [2.05, 4.69) is 87.3 Å². The van der Waals surface area contributed by atoms with Crippen molar-refractivity contribution in [3.05, 3.63) is 71.8 Å². The molecule has 2 unspecified atom stereocenters. The van der Waals surface area contributed by atoms with Gasteiger partial charge in [-0.2, -0.15) is 0 Å². The van der Waals surface area contributed by atoms with Crippen LogP contribution in [0.2, 0.25) is 0 Å². The fourth-order valence-electron chi connectivity index (χ4n) is 8.28. The Balaban J connectivity index is 1.31. The van der Waals surface area contributed by atoms with Gasteiger partial charge in [0.05, 0.1) is 0 Å². The largest absolute Gasteiger partial charge is 0.304 e. The maximum atomic E-state index is 2.96. The maximum absolute atomic E-state index is 2.96. The van der Waals surface area contributed by atoms with Crippen LogP contribution >= 0.6 is 0 Å². The second-order valence-electron chi connectivity index (χ2n) is 12.5. The molecule has 1 saturated carbocycles. The Labute approximate surface area is 225 Å². The lowest BCUT2D eigenvalue weighted by Gasteiger charge is -2.53. The molecule has 4 nitrogen and oxygen atoms in total. The van der Waals surface area contributed by atoms with Crippen molar-refractivity contribution in [3.8, 4) is 0 Å². The number of hydrogen-bond donors (Lipinski definition) is 0. The van der Waals surface area contributed by atoms with Crippen LogP contribution in [0.1, 0.15) is 67.9 Å². The average Bonchev–Trinajstić information content (AvgIpc) is 3.23. The molecule has 37 heavy (non-hydrogen) atoms. The molecule has 4 aliphatic heterocycles. The van der Waals surface area contributed by atoms with Gasteiger partial charge < -0.3 is 9.80 Å². The van der Waals surface area contributed by atoms with Crippen molar-refractivity contribution < 1.29 is 0 Å². The average molecular weight is 501 g/mol. The fraction of sp³-hybridized carbons (Fsp3) is 0.636. The second kappa shape index (κ2) is 11.6. The van der Waals surface area contributed by atoms with Gasteiger partial charge in [0, 0.05) is 56.1 Å². The third kappa shape index (κ3) is 5.54. The number of piperazine rings is 1. The molecule has 0 radical (unpaired) electrons. The summed E-state index contributed by atoms with van der Waals surface area (Å²) < 4.78 is 0. The molecule has 4 heterocycles. The van der Waals surface area contributed by atoms with Gasteiger partial charge in [-0.15, -0.1) is 0 Å². The standard InChI is InChI=1S/C33H48N4/c1-34-22-24-35(25-23-34)17-11-18-36-21-16-33(37-19-9-4-10-20-37)26-30(28-12-5-2-6-13-28)32(36)31(27-33)29-14-7-3-8-15-29/h2-3,5-8,12-15,30-32H,4,9-11,16-27H2,1H3. The van der Waals surface area contributed by atoms with Crippen LogP contribution in [-0.2, 0) is 0 Å². The first kappa shape index (κ1) is 25.6. The van der Waals surface area contributed by atoms with Crippen molar-refractivity contribution in [2.75, 3.05) is 66.0 Å². The van der Waals surface area contributed by atoms with Crippen LogP contribution in [0.25, 0.3) is 0 Å². The molecule has 0 N–H and O–H groups in total. The second-order valence-corrected chi connectivity index (χ2v) is 12.5. The molecule has 4 heteroatoms. The van der Waals surface area contributed by atoms with Gasteiger partial charge in [0.15, 0.2) is 0 Å². The Morgan fingerprint density at radius 1 is 0.676 bits per heavy atom. The molecule has 2 atom stereocenters. The Morgan fingerprint density at radius 2 is 1.27 bits per heavy atom. The first-order chi connectivity index (χ1) is 18.2. The quantitative estimate of drug-likeness (QED) is 0.512. The van der Waals surface area contributed by atoms with Crippen molar-refractivity contribution in [3.63, 3.8) is 0 Å². The summed E-state index contributed by atoms with van der Waals surface area (Å²) in [5, 5.41) is 0. The fourth-order valence-corrected chi connectivity index (χ4v) is 8.28. The number of hydrogen-bond acceptors (Lipinski definition) is 4. The minimum Gasteiger partial charge on any atom is -0.304 e. The number of piperidine rings is 1. The van der Waals surface area contributed by atoms with Gasteiger partial charge >= 0.3 is 0 Å². The zero-order chi connectivity index (χ0) is 25.1. The highest BCUT2D eigenvalue weighted by atomic mass is 15.3. The number of likely N-dealkylation sites (tertiary alicyclic amines) is 1. The van der Waals surface area contributed by atoms with Crippen LogP contribution in [-0.4, -0.2) is 97.1 Å². The lowest BCUT2D eigenvalue weighted by molar-refractivity contribution is 0.0159. The molecule has 4 saturated heterocycles. The van der Waals surface area contributed by atoms with Crippen LogP contribution in [0, 0.1) is 0 Å². The van der Waals surface area contributed by atoms with E-state index in [-0.39, 0.29) is 0 Å². The predicted molar refractivity (Wildman–Crippen MR) is 154 cm³/mol. The van der Waals surface area contributed by atoms with E-state index < -0.39 is 0 Å². The third-order valence-electron chi connectivity index (χ3n) is 10.3. The van der Waals surface area contributed by atoms with E-state index in [0.29, 0.717) is 23.4 Å². The Kier molecular flexibility index (Phi) is 7.99. The molecular weight excluding hydrogens is 452 g/mol. The summed E-state index contributed by atoms with van der Waals surface area (Å²) in [5.74, 6) is 1.21. The third-order valence-corrected chi connectivity index (χ3v) is 10.3. The minimum absolute atomic E-state index is 0.337. The van der Waals surface area contributed by atoms with Crippen LogP contribution in [0.4, 0.5) is 0 Å². The highest BCUT2D eigenvalue weighted by molar-refractivity contribution is 5.32. The van der Waals surface area contributed by atoms with E-state index in [4.69, 9.17) is 0 Å². The summed E-state index contributed by atoms with van der Waals surface area (Å²) >= 11 is 0. The molecule has 7 rings (SSSR count). The van der Waals surface area contributed by atoms with Crippen molar-refractivity contribution >= 4 is 0 Å². The van der Waals surface area contributed by atoms with Crippen LogP contribution in [0.5, 0.6) is 0 Å². The summed E-state index contributed by atoms with van der Waals surface area (Å²) in [6, 6.07) is 23.8. The van der Waals surface area contributed by atoms with Gasteiger partial charge in [-0.05, 0) is 82.9 Å². The molecule has 2 aromatic carbocycles. The normalized spacial score (nSPS) is 32.4. The van der Waals surface area contributed by atoms with E-state index >= 15 is 0 Å². The number of benzene rings is 2. The zero-order valence-corrected chi connectivity index (χ0v) is 23.1. The van der Waals surface area contributed by atoms with Crippen molar-refractivity contribution in [2.24, 2.45) is 0 Å². The molecule has 0 spiro atoms. The summed E-state index contributed by atoms with van der Waals surface area (Å²) in [6.07, 6.45) is 9.47. The van der Waals surface area contributed by atoms with Gasteiger partial charge in [-0.3, -0.25) is 9.80 Å². The van der Waals surface area contributed by atoms with E-state index in [1.165, 1.54) is 104 Å². The Morgan fingerprint density at radius 3 is 1.86 bits per heavy atom. The van der Waals surface area contributed by atoms with Crippen molar-refractivity contribution in [1.82, 2.24) is 19.6 Å². The van der Waals surface area contributed by atoms with Gasteiger partial charge in [-0.25, -0.2) is 0 Å². The number of rotatable bonds is 7. The molecule has 0 amide bonds. The van der Waals surface area contributed by atoms with Gasteiger partial charge in [-0.1, -0.05) is 67.1 Å². The van der Waals surface area contributed by atoms with Crippen LogP contribution in [0.15, 0.2) is 60.7 Å². The van der Waals surface area contributed by atoms with Gasteiger partial charge in [0.25, 0.3) is 0 Å². The van der Waals surface area contributed by atoms with Gasteiger partial charge in [0.1, 0.15) is 0 Å². The molecule has 5 fully saturated rings. The van der Waals surface area contributed by atoms with Gasteiger partial charge in [0.2, 0.25) is 0 Å².